The van der Waals surface area contributed by atoms with Crippen LogP contribution in [0.25, 0.3) is 0 Å². The van der Waals surface area contributed by atoms with Gasteiger partial charge in [-0.3, -0.25) is 9.59 Å². The van der Waals surface area contributed by atoms with Gasteiger partial charge < -0.3 is 59.6 Å². The number of aliphatic hydroxyl groups is 4. The minimum atomic E-state index is -2.35. The van der Waals surface area contributed by atoms with Crippen LogP contribution < -0.4 is 5.32 Å². The number of carbonyl (C=O) groups excluding carboxylic acids is 5. The molecule has 1 heterocycles. The third-order valence-electron chi connectivity index (χ3n) is 12.6. The van der Waals surface area contributed by atoms with Gasteiger partial charge >= 0.3 is 30.2 Å². The predicted octanol–water partition coefficient (Wildman–Crippen LogP) is 3.48. The maximum absolute atomic E-state index is 14.9. The first-order valence-corrected chi connectivity index (χ1v) is 20.0. The lowest BCUT2D eigenvalue weighted by molar-refractivity contribution is -0.346. The van der Waals surface area contributed by atoms with Gasteiger partial charge in [0.05, 0.1) is 35.6 Å². The highest BCUT2D eigenvalue weighted by Crippen LogP contribution is 2.64. The summed E-state index contributed by atoms with van der Waals surface area (Å²) >= 11 is 0. The molecule has 11 atom stereocenters. The van der Waals surface area contributed by atoms with Gasteiger partial charge in [-0.2, -0.15) is 0 Å². The van der Waals surface area contributed by atoms with Crippen LogP contribution in [0.5, 0.6) is 0 Å². The van der Waals surface area contributed by atoms with E-state index in [1.165, 1.54) is 26.0 Å². The number of rotatable bonds is 8. The molecule has 0 unspecified atom stereocenters. The molecule has 2 aromatic carbocycles. The second-order valence-electron chi connectivity index (χ2n) is 17.9. The zero-order valence-electron chi connectivity index (χ0n) is 35.7. The number of esters is 3. The second kappa shape index (κ2) is 17.4. The molecule has 3 fully saturated rings. The summed E-state index contributed by atoms with van der Waals surface area (Å²) in [6.45, 7) is 11.8. The average molecular weight is 870 g/mol. The summed E-state index contributed by atoms with van der Waals surface area (Å²) in [7, 11) is 0. The van der Waals surface area contributed by atoms with Crippen molar-refractivity contribution in [2.24, 2.45) is 16.7 Å². The zero-order chi connectivity index (χ0) is 46.3. The molecule has 7 N–H and O–H groups in total. The Labute approximate surface area is 357 Å². The van der Waals surface area contributed by atoms with Crippen molar-refractivity contribution in [2.75, 3.05) is 6.61 Å². The molecule has 2 saturated carbocycles. The van der Waals surface area contributed by atoms with E-state index in [1.807, 2.05) is 0 Å². The Bertz CT molecular complexity index is 2080. The molecule has 18 heteroatoms. The van der Waals surface area contributed by atoms with Crippen LogP contribution >= 0.6 is 0 Å². The van der Waals surface area contributed by atoms with E-state index in [4.69, 9.17) is 38.7 Å². The van der Waals surface area contributed by atoms with E-state index in [1.54, 1.807) is 83.1 Å². The highest BCUT2D eigenvalue weighted by molar-refractivity contribution is 5.94. The lowest BCUT2D eigenvalue weighted by atomic mass is 9.44. The molecule has 4 aliphatic rings. The topological polar surface area (TPSA) is 282 Å². The van der Waals surface area contributed by atoms with Crippen LogP contribution in [0.15, 0.2) is 71.8 Å². The molecule has 1 amide bonds. The quantitative estimate of drug-likeness (QED) is 0.114. The van der Waals surface area contributed by atoms with Gasteiger partial charge in [-0.25, -0.2) is 19.2 Å². The molecule has 0 aromatic heterocycles. The molecule has 0 spiro atoms. The molecule has 2 aromatic rings. The first kappa shape index (κ1) is 47.6. The fourth-order valence-corrected chi connectivity index (χ4v) is 9.56. The summed E-state index contributed by atoms with van der Waals surface area (Å²) in [6, 6.07) is 14.6. The van der Waals surface area contributed by atoms with Gasteiger partial charge in [-0.1, -0.05) is 62.4 Å². The number of aliphatic hydroxyl groups excluding tert-OH is 3. The number of Topliss-reactive ketones (excluding diaryl/α,β-unsaturated/α-hetero) is 1. The summed E-state index contributed by atoms with van der Waals surface area (Å²) in [5.74, 6) is -5.36. The first-order valence-electron chi connectivity index (χ1n) is 20.0. The Kier molecular flexibility index (Phi) is 13.4. The van der Waals surface area contributed by atoms with E-state index < -0.39 is 119 Å². The van der Waals surface area contributed by atoms with Crippen LogP contribution in [0.1, 0.15) is 90.2 Å². The Morgan fingerprint density at radius 2 is 1.48 bits per heavy atom. The van der Waals surface area contributed by atoms with E-state index in [-0.39, 0.29) is 29.7 Å². The Morgan fingerprint density at radius 1 is 0.919 bits per heavy atom. The minimum absolute atomic E-state index is 0.0637. The Hall–Kier alpha value is -5.40. The van der Waals surface area contributed by atoms with Crippen molar-refractivity contribution >= 4 is 35.9 Å². The number of ether oxygens (including phenoxy) is 5. The number of fused-ring (bicyclic) bond motifs is 5. The number of benzene rings is 2. The molecule has 0 radical (unpaired) electrons. The van der Waals surface area contributed by atoms with Gasteiger partial charge in [-0.05, 0) is 63.5 Å². The van der Waals surface area contributed by atoms with Crippen molar-refractivity contribution in [3.63, 3.8) is 0 Å². The SMILES string of the molecule is CC(=O)O[C@@]12CO[C@@H]1C[C@H](O)[C@@]1(C)C(=O)[C@H](O)C3=C(C)[C@@H](OC(=O)[C@H](O)[C@@H](NC(=O)OC(C)(C)C)c4ccccc4)C[C@@](O)([C@@H](OC(=O)c4ccccc4)[C@H]21)C3(C)C.O=C(O)O. The summed E-state index contributed by atoms with van der Waals surface area (Å²) in [5.41, 5.74) is -8.14. The molecule has 338 valence electrons. The van der Waals surface area contributed by atoms with E-state index >= 15 is 0 Å². The molecule has 18 nitrogen and oxygen atoms in total. The third-order valence-corrected chi connectivity index (χ3v) is 12.6. The Balaban J connectivity index is 0.00000174. The van der Waals surface area contributed by atoms with Gasteiger partial charge in [0.25, 0.3) is 0 Å². The number of hydrogen-bond acceptors (Lipinski definition) is 15. The summed E-state index contributed by atoms with van der Waals surface area (Å²) in [5, 5.41) is 65.5. The lowest BCUT2D eigenvalue weighted by Gasteiger charge is -2.67. The van der Waals surface area contributed by atoms with Gasteiger partial charge in [0.2, 0.25) is 0 Å². The number of amides is 1. The molecule has 2 bridgehead atoms. The smallest absolute Gasteiger partial charge is 0.456 e. The lowest BCUT2D eigenvalue weighted by Crippen LogP contribution is -2.81. The van der Waals surface area contributed by atoms with Crippen LogP contribution in [0.2, 0.25) is 0 Å². The molecule has 3 aliphatic carbocycles. The highest BCUT2D eigenvalue weighted by Gasteiger charge is 2.78. The van der Waals surface area contributed by atoms with Crippen molar-refractivity contribution in [2.45, 2.75) is 128 Å². The van der Waals surface area contributed by atoms with Crippen molar-refractivity contribution < 1.29 is 83.1 Å². The van der Waals surface area contributed by atoms with E-state index in [9.17, 15) is 44.4 Å². The van der Waals surface area contributed by atoms with Gasteiger partial charge in [-0.15, -0.1) is 0 Å². The van der Waals surface area contributed by atoms with E-state index in [0.717, 1.165) is 6.92 Å². The fourth-order valence-electron chi connectivity index (χ4n) is 9.56. The fraction of sp³-hybridized carbons (Fsp3) is 0.545. The van der Waals surface area contributed by atoms with Crippen molar-refractivity contribution in [3.05, 3.63) is 82.9 Å². The maximum atomic E-state index is 14.9. The zero-order valence-corrected chi connectivity index (χ0v) is 35.7. The maximum Gasteiger partial charge on any atom is 0.503 e. The van der Waals surface area contributed by atoms with Crippen molar-refractivity contribution in [3.8, 4) is 0 Å². The molecule has 62 heavy (non-hydrogen) atoms. The number of ketones is 1. The second-order valence-corrected chi connectivity index (χ2v) is 17.9. The summed E-state index contributed by atoms with van der Waals surface area (Å²) in [4.78, 5) is 77.5. The first-order chi connectivity index (χ1) is 28.7. The molecule has 1 saturated heterocycles. The summed E-state index contributed by atoms with van der Waals surface area (Å²) in [6.07, 6.45) is -13.3. The number of alkyl carbamates (subject to hydrolysis) is 1. The standard InChI is InChI=1S/C43H53NO14.CH2O3/c1-22-26(55-37(51)32(48)30(24-15-11-9-12-16-24)44-38(52)58-39(3,4)5)20-43(53)35(56-36(50)25-17-13-10-14-18-25)33-41(8,34(49)31(47)29(22)40(43,6)7)27(46)19-28-42(33,21-54-28)57-23(2)45;2-1(3)4/h9-18,26-28,30-33,35,46-48,53H,19-21H2,1-8H3,(H,44,52);(H2,2,3,4)/t26-,27-,28+,30-,31+,32+,33-,35-,41+,42-,43+;/m0./s1. The molecular formula is C44H55NO17. The molecular weight excluding hydrogens is 814 g/mol. The number of nitrogens with one attached hydrogen (secondary N) is 1. The number of carbonyl (C=O) groups is 6. The normalized spacial score (nSPS) is 31.9. The van der Waals surface area contributed by atoms with Crippen LogP contribution in [0.3, 0.4) is 0 Å². The van der Waals surface area contributed by atoms with Crippen LogP contribution in [-0.4, -0.2) is 127 Å². The monoisotopic (exact) mass is 869 g/mol. The van der Waals surface area contributed by atoms with Gasteiger partial charge in [0, 0.05) is 25.2 Å². The molecule has 1 aliphatic heterocycles. The largest absolute Gasteiger partial charge is 0.503 e. The minimum Gasteiger partial charge on any atom is -0.456 e. The average Bonchev–Trinajstić information content (AvgIpc) is 3.17. The van der Waals surface area contributed by atoms with Gasteiger partial charge in [0.1, 0.15) is 35.6 Å². The van der Waals surface area contributed by atoms with Crippen LogP contribution in [-0.2, 0) is 38.1 Å². The summed E-state index contributed by atoms with van der Waals surface area (Å²) < 4.78 is 29.5. The highest BCUT2D eigenvalue weighted by atomic mass is 16.6. The van der Waals surface area contributed by atoms with Crippen LogP contribution in [0.4, 0.5) is 9.59 Å². The van der Waals surface area contributed by atoms with E-state index in [0.29, 0.717) is 5.56 Å². The van der Waals surface area contributed by atoms with Gasteiger partial charge in [0.15, 0.2) is 17.5 Å². The Morgan fingerprint density at radius 3 is 2.00 bits per heavy atom. The predicted molar refractivity (Wildman–Crippen MR) is 214 cm³/mol. The number of hydrogen-bond donors (Lipinski definition) is 7. The third kappa shape index (κ3) is 8.66. The van der Waals surface area contributed by atoms with Crippen molar-refractivity contribution in [1.29, 1.82) is 0 Å². The number of carboxylic acid groups (broad SMARTS) is 2. The van der Waals surface area contributed by atoms with Crippen molar-refractivity contribution in [1.82, 2.24) is 5.32 Å². The van der Waals surface area contributed by atoms with E-state index in [2.05, 4.69) is 5.32 Å². The molecule has 6 rings (SSSR count). The van der Waals surface area contributed by atoms with Crippen LogP contribution in [0, 0.1) is 16.7 Å².